The van der Waals surface area contributed by atoms with E-state index >= 15 is 0 Å². The summed E-state index contributed by atoms with van der Waals surface area (Å²) in [5.74, 6) is 1.58. The topological polar surface area (TPSA) is 18.5 Å². The summed E-state index contributed by atoms with van der Waals surface area (Å²) >= 11 is 0. The minimum atomic E-state index is 0.788. The highest BCUT2D eigenvalue weighted by Gasteiger charge is 1.90. The molecule has 2 aromatic carbocycles. The molecule has 0 aliphatic carbocycles. The molecule has 2 heteroatoms. The highest BCUT2D eigenvalue weighted by molar-refractivity contribution is 5.27. The van der Waals surface area contributed by atoms with Crippen molar-refractivity contribution >= 4 is 0 Å². The first-order valence-corrected chi connectivity index (χ1v) is 5.45. The second-order valence-corrected chi connectivity index (χ2v) is 3.63. The van der Waals surface area contributed by atoms with Gasteiger partial charge in [0.15, 0.2) is 0 Å². The average molecular weight is 226 g/mol. The van der Waals surface area contributed by atoms with Crippen LogP contribution in [0.3, 0.4) is 0 Å². The fourth-order valence-corrected chi connectivity index (χ4v) is 1.33. The molecule has 0 atom stereocenters. The van der Waals surface area contributed by atoms with E-state index in [1.807, 2.05) is 61.5 Å². The van der Waals surface area contributed by atoms with Gasteiger partial charge < -0.3 is 9.47 Å². The summed E-state index contributed by atoms with van der Waals surface area (Å²) in [4.78, 5) is 0. The molecule has 0 saturated heterocycles. The summed E-state index contributed by atoms with van der Waals surface area (Å²) in [6.45, 7) is 2.04. The van der Waals surface area contributed by atoms with Gasteiger partial charge in [-0.05, 0) is 31.2 Å². The molecular weight excluding hydrogens is 212 g/mol. The van der Waals surface area contributed by atoms with Crippen molar-refractivity contribution in [3.8, 4) is 11.5 Å². The standard InChI is InChI=1S/C15H14O2/c1-13-7-9-15(10-8-13)17-12-11-16-14-5-3-2-4-6-14/h2-12H,1H3/b12-11+. The van der Waals surface area contributed by atoms with E-state index in [-0.39, 0.29) is 0 Å². The second kappa shape index (κ2) is 5.75. The Bertz CT molecular complexity index is 472. The molecule has 0 aliphatic heterocycles. The molecule has 0 aromatic heterocycles. The average Bonchev–Trinajstić information content (AvgIpc) is 2.38. The van der Waals surface area contributed by atoms with Gasteiger partial charge in [-0.25, -0.2) is 0 Å². The SMILES string of the molecule is Cc1ccc(O/C=C/Oc2ccccc2)cc1. The van der Waals surface area contributed by atoms with E-state index in [0.29, 0.717) is 0 Å². The summed E-state index contributed by atoms with van der Waals surface area (Å²) in [5.41, 5.74) is 1.21. The summed E-state index contributed by atoms with van der Waals surface area (Å²) in [6.07, 6.45) is 3.05. The third-order valence-electron chi connectivity index (χ3n) is 2.23. The Morgan fingerprint density at radius 2 is 1.24 bits per heavy atom. The van der Waals surface area contributed by atoms with Crippen molar-refractivity contribution in [2.45, 2.75) is 6.92 Å². The van der Waals surface area contributed by atoms with Crippen molar-refractivity contribution in [3.05, 3.63) is 72.7 Å². The first-order chi connectivity index (χ1) is 8.34. The predicted molar refractivity (Wildman–Crippen MR) is 68.0 cm³/mol. The largest absolute Gasteiger partial charge is 0.462 e. The fourth-order valence-electron chi connectivity index (χ4n) is 1.33. The van der Waals surface area contributed by atoms with Crippen molar-refractivity contribution in [1.82, 2.24) is 0 Å². The van der Waals surface area contributed by atoms with Crippen LogP contribution in [0.5, 0.6) is 11.5 Å². The molecule has 2 rings (SSSR count). The van der Waals surface area contributed by atoms with Crippen LogP contribution in [-0.2, 0) is 0 Å². The van der Waals surface area contributed by atoms with Crippen molar-refractivity contribution in [2.75, 3.05) is 0 Å². The first kappa shape index (κ1) is 11.3. The third-order valence-corrected chi connectivity index (χ3v) is 2.23. The number of aryl methyl sites for hydroxylation is 1. The molecule has 0 heterocycles. The number of hydrogen-bond donors (Lipinski definition) is 0. The molecule has 0 aliphatic rings. The van der Waals surface area contributed by atoms with Crippen LogP contribution in [0.1, 0.15) is 5.56 Å². The van der Waals surface area contributed by atoms with Gasteiger partial charge in [-0.1, -0.05) is 35.9 Å². The van der Waals surface area contributed by atoms with E-state index in [4.69, 9.17) is 9.47 Å². The van der Waals surface area contributed by atoms with E-state index in [0.717, 1.165) is 11.5 Å². The molecule has 0 spiro atoms. The lowest BCUT2D eigenvalue weighted by atomic mass is 10.2. The van der Waals surface area contributed by atoms with Crippen LogP contribution in [0.2, 0.25) is 0 Å². The minimum Gasteiger partial charge on any atom is -0.462 e. The lowest BCUT2D eigenvalue weighted by Gasteiger charge is -2.01. The second-order valence-electron chi connectivity index (χ2n) is 3.63. The van der Waals surface area contributed by atoms with Crippen LogP contribution < -0.4 is 9.47 Å². The summed E-state index contributed by atoms with van der Waals surface area (Å²) in [6, 6.07) is 17.4. The Morgan fingerprint density at radius 3 is 1.82 bits per heavy atom. The zero-order chi connectivity index (χ0) is 11.9. The molecule has 86 valence electrons. The molecular formula is C15H14O2. The van der Waals surface area contributed by atoms with Crippen LogP contribution >= 0.6 is 0 Å². The minimum absolute atomic E-state index is 0.788. The highest BCUT2D eigenvalue weighted by atomic mass is 16.5. The molecule has 0 saturated carbocycles. The molecule has 0 fully saturated rings. The maximum Gasteiger partial charge on any atom is 0.126 e. The Morgan fingerprint density at radius 1 is 0.706 bits per heavy atom. The zero-order valence-electron chi connectivity index (χ0n) is 9.67. The van der Waals surface area contributed by atoms with E-state index in [9.17, 15) is 0 Å². The molecule has 2 aromatic rings. The number of benzene rings is 2. The van der Waals surface area contributed by atoms with Gasteiger partial charge >= 0.3 is 0 Å². The van der Waals surface area contributed by atoms with Gasteiger partial charge in [0.25, 0.3) is 0 Å². The van der Waals surface area contributed by atoms with Gasteiger partial charge in [0.2, 0.25) is 0 Å². The van der Waals surface area contributed by atoms with Gasteiger partial charge in [0.05, 0.1) is 0 Å². The zero-order valence-corrected chi connectivity index (χ0v) is 9.67. The summed E-state index contributed by atoms with van der Waals surface area (Å²) in [7, 11) is 0. The van der Waals surface area contributed by atoms with Crippen LogP contribution in [0, 0.1) is 6.92 Å². The fraction of sp³-hybridized carbons (Fsp3) is 0.0667. The Hall–Kier alpha value is -2.22. The lowest BCUT2D eigenvalue weighted by Crippen LogP contribution is -1.86. The van der Waals surface area contributed by atoms with Crippen LogP contribution in [-0.4, -0.2) is 0 Å². The van der Waals surface area contributed by atoms with Crippen molar-refractivity contribution < 1.29 is 9.47 Å². The maximum atomic E-state index is 5.38. The van der Waals surface area contributed by atoms with Crippen molar-refractivity contribution in [1.29, 1.82) is 0 Å². The predicted octanol–water partition coefficient (Wildman–Crippen LogP) is 3.92. The van der Waals surface area contributed by atoms with Crippen LogP contribution in [0.15, 0.2) is 67.1 Å². The third kappa shape index (κ3) is 3.68. The molecule has 0 N–H and O–H groups in total. The Kier molecular flexibility index (Phi) is 3.81. The highest BCUT2D eigenvalue weighted by Crippen LogP contribution is 2.12. The van der Waals surface area contributed by atoms with E-state index in [1.165, 1.54) is 18.1 Å². The molecule has 2 nitrogen and oxygen atoms in total. The number of para-hydroxylation sites is 1. The van der Waals surface area contributed by atoms with E-state index in [2.05, 4.69) is 0 Å². The normalized spacial score (nSPS) is 10.4. The van der Waals surface area contributed by atoms with Crippen LogP contribution in [0.25, 0.3) is 0 Å². The number of hydrogen-bond acceptors (Lipinski definition) is 2. The molecule has 0 amide bonds. The quantitative estimate of drug-likeness (QED) is 0.735. The Labute approximate surface area is 101 Å². The smallest absolute Gasteiger partial charge is 0.126 e. The van der Waals surface area contributed by atoms with Crippen molar-refractivity contribution in [2.24, 2.45) is 0 Å². The van der Waals surface area contributed by atoms with Gasteiger partial charge in [-0.2, -0.15) is 0 Å². The van der Waals surface area contributed by atoms with E-state index in [1.54, 1.807) is 0 Å². The lowest BCUT2D eigenvalue weighted by molar-refractivity contribution is 0.422. The monoisotopic (exact) mass is 226 g/mol. The van der Waals surface area contributed by atoms with Gasteiger partial charge in [-0.3, -0.25) is 0 Å². The molecule has 0 radical (unpaired) electrons. The van der Waals surface area contributed by atoms with Gasteiger partial charge in [-0.15, -0.1) is 0 Å². The number of rotatable bonds is 4. The van der Waals surface area contributed by atoms with Gasteiger partial charge in [0, 0.05) is 0 Å². The van der Waals surface area contributed by atoms with Crippen LogP contribution in [0.4, 0.5) is 0 Å². The molecule has 0 unspecified atom stereocenters. The van der Waals surface area contributed by atoms with Crippen molar-refractivity contribution in [3.63, 3.8) is 0 Å². The first-order valence-electron chi connectivity index (χ1n) is 5.45. The molecule has 17 heavy (non-hydrogen) atoms. The maximum absolute atomic E-state index is 5.38. The molecule has 0 bridgehead atoms. The number of ether oxygens (including phenoxy) is 2. The van der Waals surface area contributed by atoms with E-state index < -0.39 is 0 Å². The summed E-state index contributed by atoms with van der Waals surface area (Å²) < 4.78 is 10.7. The Balaban J connectivity index is 1.84. The van der Waals surface area contributed by atoms with Gasteiger partial charge in [0.1, 0.15) is 24.0 Å². The summed E-state index contributed by atoms with van der Waals surface area (Å²) in [5, 5.41) is 0.